The van der Waals surface area contributed by atoms with Crippen molar-refractivity contribution in [2.75, 3.05) is 40.0 Å². The lowest BCUT2D eigenvalue weighted by Gasteiger charge is -2.44. The Morgan fingerprint density at radius 2 is 1.57 bits per heavy atom. The summed E-state index contributed by atoms with van der Waals surface area (Å²) in [4.78, 5) is 16.9. The van der Waals surface area contributed by atoms with Gasteiger partial charge >= 0.3 is 0 Å². The third kappa shape index (κ3) is 5.12. The van der Waals surface area contributed by atoms with Crippen molar-refractivity contribution >= 4 is 5.91 Å². The highest BCUT2D eigenvalue weighted by molar-refractivity contribution is 5.78. The Hall–Kier alpha value is -2.37. The maximum absolute atomic E-state index is 12.6. The number of hydrogen-bond acceptors (Lipinski definition) is 4. The van der Waals surface area contributed by atoms with Crippen LogP contribution in [0.1, 0.15) is 13.8 Å². The van der Waals surface area contributed by atoms with Crippen molar-refractivity contribution in [1.29, 1.82) is 0 Å². The van der Waals surface area contributed by atoms with E-state index >= 15 is 0 Å². The smallest absolute Gasteiger partial charge is 0.260 e. The minimum absolute atomic E-state index is 0.0391. The summed E-state index contributed by atoms with van der Waals surface area (Å²) in [5.74, 6) is 0.755. The molecule has 28 heavy (non-hydrogen) atoms. The van der Waals surface area contributed by atoms with Gasteiger partial charge in [-0.25, -0.2) is 0 Å². The van der Waals surface area contributed by atoms with Gasteiger partial charge in [-0.2, -0.15) is 0 Å². The van der Waals surface area contributed by atoms with Crippen LogP contribution in [-0.4, -0.2) is 67.7 Å². The molecule has 0 bridgehead atoms. The monoisotopic (exact) mass is 382 g/mol. The molecule has 0 spiro atoms. The van der Waals surface area contributed by atoms with E-state index in [0.717, 1.165) is 25.2 Å². The number of hydrogen-bond donors (Lipinski definition) is 0. The number of nitrogens with zero attached hydrogens (tertiary/aromatic N) is 2. The summed E-state index contributed by atoms with van der Waals surface area (Å²) in [5.41, 5.74) is 2.30. The number of rotatable bonds is 7. The first-order valence-corrected chi connectivity index (χ1v) is 9.89. The zero-order chi connectivity index (χ0) is 19.9. The summed E-state index contributed by atoms with van der Waals surface area (Å²) in [6.07, 6.45) is 0. The van der Waals surface area contributed by atoms with Gasteiger partial charge in [0.1, 0.15) is 5.75 Å². The van der Waals surface area contributed by atoms with Crippen LogP contribution >= 0.6 is 0 Å². The minimum Gasteiger partial charge on any atom is -0.484 e. The number of methoxy groups -OCH3 is 1. The molecule has 1 aliphatic rings. The van der Waals surface area contributed by atoms with Gasteiger partial charge in [0.05, 0.1) is 6.61 Å². The number of piperazine rings is 1. The molecule has 2 aromatic rings. The van der Waals surface area contributed by atoms with Crippen LogP contribution in [0.2, 0.25) is 0 Å². The summed E-state index contributed by atoms with van der Waals surface area (Å²) in [6.45, 7) is 7.45. The van der Waals surface area contributed by atoms with E-state index in [1.807, 2.05) is 47.4 Å². The third-order valence-electron chi connectivity index (χ3n) is 5.33. The molecule has 5 heteroatoms. The van der Waals surface area contributed by atoms with E-state index in [2.05, 4.69) is 30.9 Å². The maximum Gasteiger partial charge on any atom is 0.260 e. The second-order valence-electron chi connectivity index (χ2n) is 7.41. The Balaban J connectivity index is 1.51. The Labute approximate surface area is 167 Å². The summed E-state index contributed by atoms with van der Waals surface area (Å²) in [6, 6.07) is 18.7. The molecule has 0 aromatic heterocycles. The molecule has 0 N–H and O–H groups in total. The summed E-state index contributed by atoms with van der Waals surface area (Å²) in [7, 11) is 1.72. The van der Waals surface area contributed by atoms with Gasteiger partial charge in [0, 0.05) is 38.8 Å². The first-order chi connectivity index (χ1) is 13.6. The summed E-state index contributed by atoms with van der Waals surface area (Å²) >= 11 is 0. The fourth-order valence-electron chi connectivity index (χ4n) is 3.81. The molecule has 5 nitrogen and oxygen atoms in total. The van der Waals surface area contributed by atoms with Crippen LogP contribution in [0.5, 0.6) is 5.75 Å². The Bertz CT molecular complexity index is 736. The third-order valence-corrected chi connectivity index (χ3v) is 5.33. The molecular weight excluding hydrogens is 352 g/mol. The fourth-order valence-corrected chi connectivity index (χ4v) is 3.81. The van der Waals surface area contributed by atoms with E-state index < -0.39 is 0 Å². The molecular formula is C23H30N2O3. The van der Waals surface area contributed by atoms with E-state index in [9.17, 15) is 4.79 Å². The van der Waals surface area contributed by atoms with Gasteiger partial charge in [-0.05, 0) is 37.1 Å². The molecule has 1 heterocycles. The first kappa shape index (κ1) is 20.4. The molecule has 1 saturated heterocycles. The van der Waals surface area contributed by atoms with Gasteiger partial charge in [0.25, 0.3) is 5.91 Å². The van der Waals surface area contributed by atoms with Gasteiger partial charge in [0.15, 0.2) is 6.61 Å². The lowest BCUT2D eigenvalue weighted by Crippen LogP contribution is -2.59. The summed E-state index contributed by atoms with van der Waals surface area (Å²) in [5, 5.41) is 0. The Morgan fingerprint density at radius 3 is 2.18 bits per heavy atom. The molecule has 0 saturated carbocycles. The molecule has 3 rings (SSSR count). The van der Waals surface area contributed by atoms with Crippen LogP contribution in [0.15, 0.2) is 54.6 Å². The van der Waals surface area contributed by atoms with E-state index in [-0.39, 0.29) is 12.5 Å². The lowest BCUT2D eigenvalue weighted by atomic mass is 10.1. The normalized spacial score (nSPS) is 20.2. The molecule has 0 radical (unpaired) electrons. The number of carbonyl (C=O) groups is 1. The topological polar surface area (TPSA) is 42.0 Å². The molecule has 2 unspecified atom stereocenters. The van der Waals surface area contributed by atoms with E-state index in [1.165, 1.54) is 5.56 Å². The van der Waals surface area contributed by atoms with Gasteiger partial charge < -0.3 is 14.4 Å². The van der Waals surface area contributed by atoms with Crippen LogP contribution in [0.25, 0.3) is 11.1 Å². The van der Waals surface area contributed by atoms with Gasteiger partial charge in [-0.15, -0.1) is 0 Å². The van der Waals surface area contributed by atoms with Crippen LogP contribution < -0.4 is 4.74 Å². The highest BCUT2D eigenvalue weighted by atomic mass is 16.5. The second-order valence-corrected chi connectivity index (χ2v) is 7.41. The van der Waals surface area contributed by atoms with E-state index in [4.69, 9.17) is 9.47 Å². The average molecular weight is 383 g/mol. The first-order valence-electron chi connectivity index (χ1n) is 9.89. The lowest BCUT2D eigenvalue weighted by molar-refractivity contribution is -0.137. The van der Waals surface area contributed by atoms with E-state index in [1.54, 1.807) is 7.11 Å². The van der Waals surface area contributed by atoms with Crippen molar-refractivity contribution in [2.45, 2.75) is 25.9 Å². The Morgan fingerprint density at radius 1 is 0.964 bits per heavy atom. The number of carbonyl (C=O) groups excluding carboxylic acids is 1. The average Bonchev–Trinajstić information content (AvgIpc) is 2.72. The van der Waals surface area contributed by atoms with Gasteiger partial charge in [-0.1, -0.05) is 42.5 Å². The van der Waals surface area contributed by atoms with Crippen molar-refractivity contribution < 1.29 is 14.3 Å². The molecule has 2 aromatic carbocycles. The minimum atomic E-state index is 0.0391. The number of amides is 1. The quantitative estimate of drug-likeness (QED) is 0.737. The van der Waals surface area contributed by atoms with Crippen molar-refractivity contribution in [3.63, 3.8) is 0 Å². The van der Waals surface area contributed by atoms with Crippen LogP contribution in [-0.2, 0) is 9.53 Å². The molecule has 0 aliphatic carbocycles. The predicted octanol–water partition coefficient (Wildman–Crippen LogP) is 3.30. The van der Waals surface area contributed by atoms with Crippen molar-refractivity contribution in [3.05, 3.63) is 54.6 Å². The highest BCUT2D eigenvalue weighted by Gasteiger charge is 2.31. The fraction of sp³-hybridized carbons (Fsp3) is 0.435. The highest BCUT2D eigenvalue weighted by Crippen LogP contribution is 2.22. The molecule has 2 atom stereocenters. The number of ether oxygens (including phenoxy) is 2. The zero-order valence-electron chi connectivity index (χ0n) is 17.0. The second kappa shape index (κ2) is 9.71. The van der Waals surface area contributed by atoms with Gasteiger partial charge in [0.2, 0.25) is 0 Å². The van der Waals surface area contributed by atoms with Crippen molar-refractivity contribution in [2.24, 2.45) is 0 Å². The van der Waals surface area contributed by atoms with Gasteiger partial charge in [-0.3, -0.25) is 9.69 Å². The molecule has 150 valence electrons. The maximum atomic E-state index is 12.6. The van der Waals surface area contributed by atoms with E-state index in [0.29, 0.717) is 24.4 Å². The zero-order valence-corrected chi connectivity index (χ0v) is 17.0. The SMILES string of the molecule is COCCN1C(C)CN(C(=O)COc2ccc(-c3ccccc3)cc2)CC1C. The number of benzene rings is 2. The van der Waals surface area contributed by atoms with Crippen molar-refractivity contribution in [3.8, 4) is 16.9 Å². The molecule has 1 amide bonds. The predicted molar refractivity (Wildman–Crippen MR) is 111 cm³/mol. The molecule has 1 fully saturated rings. The van der Waals surface area contributed by atoms with Crippen LogP contribution in [0.3, 0.4) is 0 Å². The summed E-state index contributed by atoms with van der Waals surface area (Å²) < 4.78 is 10.9. The van der Waals surface area contributed by atoms with Crippen LogP contribution in [0.4, 0.5) is 0 Å². The standard InChI is InChI=1S/C23H30N2O3/c1-18-15-24(16-19(2)25(18)13-14-27-3)23(26)17-28-22-11-9-21(10-12-22)20-7-5-4-6-8-20/h4-12,18-19H,13-17H2,1-3H3. The molecule has 1 aliphatic heterocycles. The van der Waals surface area contributed by atoms with Crippen LogP contribution in [0, 0.1) is 0 Å². The Kier molecular flexibility index (Phi) is 7.06. The van der Waals surface area contributed by atoms with Crippen molar-refractivity contribution in [1.82, 2.24) is 9.80 Å². The largest absolute Gasteiger partial charge is 0.484 e.